The zero-order chi connectivity index (χ0) is 21.1. The van der Waals surface area contributed by atoms with Crippen molar-refractivity contribution in [2.24, 2.45) is 13.0 Å². The summed E-state index contributed by atoms with van der Waals surface area (Å²) in [5.41, 5.74) is 1.67. The largest absolute Gasteiger partial charge is 0.326 e. The molecule has 0 fully saturated rings. The summed E-state index contributed by atoms with van der Waals surface area (Å²) < 4.78 is 1.47. The third-order valence-electron chi connectivity index (χ3n) is 4.55. The fourth-order valence-corrected chi connectivity index (χ4v) is 3.71. The first-order valence-electron chi connectivity index (χ1n) is 9.35. The first-order valence-corrected chi connectivity index (χ1v) is 10.2. The van der Waals surface area contributed by atoms with Crippen molar-refractivity contribution in [3.63, 3.8) is 0 Å². The van der Waals surface area contributed by atoms with Gasteiger partial charge >= 0.3 is 0 Å². The van der Waals surface area contributed by atoms with Crippen LogP contribution in [0.25, 0.3) is 10.9 Å². The van der Waals surface area contributed by atoms with Crippen molar-refractivity contribution in [1.82, 2.24) is 9.55 Å². The highest BCUT2D eigenvalue weighted by molar-refractivity contribution is 8.00. The summed E-state index contributed by atoms with van der Waals surface area (Å²) in [7, 11) is 1.66. The molecule has 3 rings (SSSR count). The highest BCUT2D eigenvalue weighted by Gasteiger charge is 2.20. The number of rotatable bonds is 6. The number of carbonyl (C=O) groups is 2. The predicted molar refractivity (Wildman–Crippen MR) is 117 cm³/mol. The van der Waals surface area contributed by atoms with E-state index in [4.69, 9.17) is 0 Å². The maximum Gasteiger partial charge on any atom is 0.261 e. The Morgan fingerprint density at radius 3 is 2.34 bits per heavy atom. The average Bonchev–Trinajstić information content (AvgIpc) is 2.71. The van der Waals surface area contributed by atoms with Gasteiger partial charge in [0, 0.05) is 24.2 Å². The van der Waals surface area contributed by atoms with Gasteiger partial charge in [-0.2, -0.15) is 0 Å². The van der Waals surface area contributed by atoms with Crippen LogP contribution in [0.3, 0.4) is 0 Å². The van der Waals surface area contributed by atoms with Gasteiger partial charge in [-0.05, 0) is 43.3 Å². The number of para-hydroxylation sites is 1. The smallest absolute Gasteiger partial charge is 0.261 e. The molecule has 0 aliphatic carbocycles. The van der Waals surface area contributed by atoms with Gasteiger partial charge in [0.25, 0.3) is 5.56 Å². The first-order chi connectivity index (χ1) is 13.8. The van der Waals surface area contributed by atoms with E-state index >= 15 is 0 Å². The van der Waals surface area contributed by atoms with Gasteiger partial charge in [0.2, 0.25) is 5.91 Å². The number of carbonyl (C=O) groups excluding carboxylic acids is 2. The highest BCUT2D eigenvalue weighted by atomic mass is 32.2. The van der Waals surface area contributed by atoms with Gasteiger partial charge in [0.1, 0.15) is 0 Å². The molecule has 7 heteroatoms. The summed E-state index contributed by atoms with van der Waals surface area (Å²) in [5.74, 6) is -0.260. The number of fused-ring (bicyclic) bond motifs is 1. The van der Waals surface area contributed by atoms with Crippen molar-refractivity contribution >= 4 is 40.0 Å². The molecule has 6 nitrogen and oxygen atoms in total. The lowest BCUT2D eigenvalue weighted by atomic mass is 10.1. The van der Waals surface area contributed by atoms with Crippen LogP contribution in [0.15, 0.2) is 58.5 Å². The molecule has 0 spiro atoms. The Balaban J connectivity index is 1.77. The summed E-state index contributed by atoms with van der Waals surface area (Å²) in [4.78, 5) is 41.7. The minimum absolute atomic E-state index is 0.0702. The fraction of sp³-hybridized carbons (Fsp3) is 0.273. The molecule has 1 heterocycles. The number of benzene rings is 2. The third kappa shape index (κ3) is 4.56. The zero-order valence-corrected chi connectivity index (χ0v) is 17.6. The molecule has 1 N–H and O–H groups in total. The number of amides is 1. The second-order valence-electron chi connectivity index (χ2n) is 7.12. The lowest BCUT2D eigenvalue weighted by molar-refractivity contribution is -0.118. The van der Waals surface area contributed by atoms with Crippen LogP contribution in [0.1, 0.15) is 31.1 Å². The average molecular weight is 410 g/mol. The quantitative estimate of drug-likeness (QED) is 0.379. The van der Waals surface area contributed by atoms with Crippen LogP contribution in [0, 0.1) is 5.92 Å². The monoisotopic (exact) mass is 409 g/mol. The van der Waals surface area contributed by atoms with Crippen LogP contribution in [0.4, 0.5) is 5.69 Å². The molecule has 0 aliphatic heterocycles. The lowest BCUT2D eigenvalue weighted by Crippen LogP contribution is -2.22. The van der Waals surface area contributed by atoms with Crippen LogP contribution in [0.5, 0.6) is 0 Å². The second-order valence-corrected chi connectivity index (χ2v) is 8.43. The lowest BCUT2D eigenvalue weighted by Gasteiger charge is -2.14. The SMILES string of the molecule is CC(C)C(=O)Nc1ccc(C(=O)C(C)Sc2nc3ccccc3c(=O)n2C)cc1. The normalized spacial score (nSPS) is 12.2. The number of aromatic nitrogens is 2. The number of anilines is 1. The summed E-state index contributed by atoms with van der Waals surface area (Å²) in [6.45, 7) is 5.43. The summed E-state index contributed by atoms with van der Waals surface area (Å²) in [6, 6.07) is 14.0. The Labute approximate surface area is 173 Å². The maximum atomic E-state index is 12.8. The number of thioether (sulfide) groups is 1. The summed E-state index contributed by atoms with van der Waals surface area (Å²) in [5, 5.41) is 3.43. The number of nitrogens with one attached hydrogen (secondary N) is 1. The highest BCUT2D eigenvalue weighted by Crippen LogP contribution is 2.25. The molecule has 150 valence electrons. The first kappa shape index (κ1) is 20.8. The number of ketones is 1. The summed E-state index contributed by atoms with van der Waals surface area (Å²) in [6.07, 6.45) is 0. The van der Waals surface area contributed by atoms with Crippen molar-refractivity contribution in [2.45, 2.75) is 31.2 Å². The van der Waals surface area contributed by atoms with Crippen molar-refractivity contribution in [2.75, 3.05) is 5.32 Å². The molecule has 29 heavy (non-hydrogen) atoms. The molecule has 1 atom stereocenters. The number of Topliss-reactive ketones (excluding diaryl/α,β-unsaturated/α-hetero) is 1. The van der Waals surface area contributed by atoms with Gasteiger partial charge in [-0.15, -0.1) is 0 Å². The van der Waals surface area contributed by atoms with Gasteiger partial charge in [0.15, 0.2) is 10.9 Å². The fourth-order valence-electron chi connectivity index (χ4n) is 2.75. The molecule has 0 saturated heterocycles. The van der Waals surface area contributed by atoms with Crippen molar-refractivity contribution in [3.05, 3.63) is 64.4 Å². The van der Waals surface area contributed by atoms with Crippen molar-refractivity contribution in [1.29, 1.82) is 0 Å². The van der Waals surface area contributed by atoms with E-state index in [9.17, 15) is 14.4 Å². The Morgan fingerprint density at radius 2 is 1.69 bits per heavy atom. The minimum Gasteiger partial charge on any atom is -0.326 e. The van der Waals surface area contributed by atoms with Gasteiger partial charge in [-0.3, -0.25) is 19.0 Å². The Morgan fingerprint density at radius 1 is 1.03 bits per heavy atom. The molecule has 1 unspecified atom stereocenters. The maximum absolute atomic E-state index is 12.8. The number of nitrogens with zero attached hydrogens (tertiary/aromatic N) is 2. The molecular formula is C22H23N3O3S. The molecule has 1 aromatic heterocycles. The van der Waals surface area contributed by atoms with E-state index in [1.165, 1.54) is 16.3 Å². The molecule has 0 radical (unpaired) electrons. The summed E-state index contributed by atoms with van der Waals surface area (Å²) >= 11 is 1.25. The van der Waals surface area contributed by atoms with E-state index in [2.05, 4.69) is 10.3 Å². The van der Waals surface area contributed by atoms with Crippen LogP contribution >= 0.6 is 11.8 Å². The predicted octanol–water partition coefficient (Wildman–Crippen LogP) is 3.89. The van der Waals surface area contributed by atoms with Crippen LogP contribution in [-0.4, -0.2) is 26.5 Å². The molecule has 0 aliphatic rings. The Hall–Kier alpha value is -2.93. The number of hydrogen-bond donors (Lipinski definition) is 1. The molecule has 0 saturated carbocycles. The van der Waals surface area contributed by atoms with Gasteiger partial charge in [-0.1, -0.05) is 37.7 Å². The van der Waals surface area contributed by atoms with E-state index in [1.807, 2.05) is 19.9 Å². The van der Waals surface area contributed by atoms with Gasteiger partial charge in [-0.25, -0.2) is 4.98 Å². The van der Waals surface area contributed by atoms with Crippen LogP contribution < -0.4 is 10.9 Å². The van der Waals surface area contributed by atoms with E-state index in [0.29, 0.717) is 27.3 Å². The molecular weight excluding hydrogens is 386 g/mol. The molecule has 2 aromatic carbocycles. The minimum atomic E-state index is -0.426. The van der Waals surface area contributed by atoms with E-state index in [1.54, 1.807) is 56.4 Å². The molecule has 1 amide bonds. The topological polar surface area (TPSA) is 81.1 Å². The van der Waals surface area contributed by atoms with E-state index in [-0.39, 0.29) is 23.2 Å². The molecule has 3 aromatic rings. The van der Waals surface area contributed by atoms with E-state index in [0.717, 1.165) is 0 Å². The van der Waals surface area contributed by atoms with Gasteiger partial charge < -0.3 is 5.32 Å². The molecule has 0 bridgehead atoms. The van der Waals surface area contributed by atoms with Crippen LogP contribution in [-0.2, 0) is 11.8 Å². The third-order valence-corrected chi connectivity index (χ3v) is 5.70. The zero-order valence-electron chi connectivity index (χ0n) is 16.8. The van der Waals surface area contributed by atoms with Crippen molar-refractivity contribution < 1.29 is 9.59 Å². The Kier molecular flexibility index (Phi) is 6.17. The second kappa shape index (κ2) is 8.61. The van der Waals surface area contributed by atoms with Crippen molar-refractivity contribution in [3.8, 4) is 0 Å². The van der Waals surface area contributed by atoms with E-state index < -0.39 is 5.25 Å². The standard InChI is InChI=1S/C22H23N3O3S/c1-13(2)20(27)23-16-11-9-15(10-12-16)19(26)14(3)29-22-24-18-8-6-5-7-17(18)21(28)25(22)4/h5-14H,1-4H3,(H,23,27). The van der Waals surface area contributed by atoms with Gasteiger partial charge in [0.05, 0.1) is 16.2 Å². The number of hydrogen-bond acceptors (Lipinski definition) is 5. The van der Waals surface area contributed by atoms with Crippen LogP contribution in [0.2, 0.25) is 0 Å². The Bertz CT molecular complexity index is 1120.